The van der Waals surface area contributed by atoms with Crippen molar-refractivity contribution >= 4 is 21.9 Å². The number of oxazole rings is 1. The molecule has 0 saturated heterocycles. The van der Waals surface area contributed by atoms with Crippen LogP contribution in [0.25, 0.3) is 11.5 Å². The first-order chi connectivity index (χ1) is 9.58. The number of halogens is 1. The minimum absolute atomic E-state index is 0.0729. The molecule has 6 heteroatoms. The summed E-state index contributed by atoms with van der Waals surface area (Å²) >= 11 is 3.46. The molecule has 1 aromatic carbocycles. The summed E-state index contributed by atoms with van der Waals surface area (Å²) in [6.07, 6.45) is 0. The van der Waals surface area contributed by atoms with E-state index in [2.05, 4.69) is 25.7 Å². The van der Waals surface area contributed by atoms with Crippen molar-refractivity contribution in [2.45, 2.75) is 13.5 Å². The minimum atomic E-state index is -0.566. The van der Waals surface area contributed by atoms with E-state index in [1.165, 1.54) is 14.2 Å². The van der Waals surface area contributed by atoms with Gasteiger partial charge in [-0.25, -0.2) is 9.78 Å². The third kappa shape index (κ3) is 2.76. The first-order valence-corrected chi connectivity index (χ1v) is 6.70. The highest BCUT2D eigenvalue weighted by Crippen LogP contribution is 2.29. The van der Waals surface area contributed by atoms with Crippen LogP contribution in [0.3, 0.4) is 0 Å². The van der Waals surface area contributed by atoms with Gasteiger partial charge in [-0.3, -0.25) is 0 Å². The predicted octanol–water partition coefficient (Wildman–Crippen LogP) is 3.35. The van der Waals surface area contributed by atoms with E-state index in [-0.39, 0.29) is 12.4 Å². The molecule has 5 nitrogen and oxygen atoms in total. The second-order valence-electron chi connectivity index (χ2n) is 4.13. The first-order valence-electron chi connectivity index (χ1n) is 5.91. The molecular weight excluding hydrogens is 326 g/mol. The van der Waals surface area contributed by atoms with Crippen molar-refractivity contribution in [1.82, 2.24) is 4.98 Å². The molecule has 0 fully saturated rings. The molecule has 1 aromatic heterocycles. The number of carbonyl (C=O) groups is 1. The number of aromatic nitrogens is 1. The molecule has 0 saturated carbocycles. The lowest BCUT2D eigenvalue weighted by Crippen LogP contribution is -2.04. The zero-order chi connectivity index (χ0) is 14.7. The van der Waals surface area contributed by atoms with Crippen LogP contribution in [0, 0.1) is 6.92 Å². The maximum atomic E-state index is 11.7. The Morgan fingerprint density at radius 1 is 1.40 bits per heavy atom. The standard InChI is InChI=1S/C14H14BrNO4/c1-8-9(5-4-6-10(8)15)13-16-11(7-18-2)12(20-13)14(17)19-3/h4-6H,7H2,1-3H3. The van der Waals surface area contributed by atoms with Gasteiger partial charge in [0.2, 0.25) is 11.7 Å². The van der Waals surface area contributed by atoms with Crippen molar-refractivity contribution in [2.75, 3.05) is 14.2 Å². The second-order valence-corrected chi connectivity index (χ2v) is 4.99. The van der Waals surface area contributed by atoms with E-state index < -0.39 is 5.97 Å². The number of esters is 1. The highest BCUT2D eigenvalue weighted by molar-refractivity contribution is 9.10. The summed E-state index contributed by atoms with van der Waals surface area (Å²) in [5.74, 6) is -0.122. The zero-order valence-electron chi connectivity index (χ0n) is 11.4. The van der Waals surface area contributed by atoms with Gasteiger partial charge < -0.3 is 13.9 Å². The van der Waals surface area contributed by atoms with Crippen molar-refractivity contribution in [1.29, 1.82) is 0 Å². The van der Waals surface area contributed by atoms with Crippen LogP contribution in [0.15, 0.2) is 27.1 Å². The molecule has 0 aliphatic rings. The van der Waals surface area contributed by atoms with E-state index in [0.717, 1.165) is 15.6 Å². The fourth-order valence-electron chi connectivity index (χ4n) is 1.79. The summed E-state index contributed by atoms with van der Waals surface area (Å²) in [6.45, 7) is 2.12. The van der Waals surface area contributed by atoms with Crippen molar-refractivity contribution in [3.63, 3.8) is 0 Å². The number of hydrogen-bond acceptors (Lipinski definition) is 5. The Balaban J connectivity index is 2.52. The van der Waals surface area contributed by atoms with E-state index in [9.17, 15) is 4.79 Å². The van der Waals surface area contributed by atoms with E-state index >= 15 is 0 Å². The summed E-state index contributed by atoms with van der Waals surface area (Å²) in [6, 6.07) is 5.69. The highest BCUT2D eigenvalue weighted by atomic mass is 79.9. The SMILES string of the molecule is COCc1nc(-c2cccc(Br)c2C)oc1C(=O)OC. The molecule has 2 rings (SSSR count). The van der Waals surface area contributed by atoms with Gasteiger partial charge in [0, 0.05) is 17.1 Å². The Labute approximate surface area is 125 Å². The van der Waals surface area contributed by atoms with Crippen LogP contribution in [0.2, 0.25) is 0 Å². The third-order valence-corrected chi connectivity index (χ3v) is 3.71. The third-order valence-electron chi connectivity index (χ3n) is 2.85. The smallest absolute Gasteiger partial charge is 0.376 e. The molecule has 0 radical (unpaired) electrons. The number of carbonyl (C=O) groups excluding carboxylic acids is 1. The zero-order valence-corrected chi connectivity index (χ0v) is 13.0. The highest BCUT2D eigenvalue weighted by Gasteiger charge is 2.22. The molecule has 0 aliphatic carbocycles. The fraction of sp³-hybridized carbons (Fsp3) is 0.286. The lowest BCUT2D eigenvalue weighted by Gasteiger charge is -2.02. The summed E-state index contributed by atoms with van der Waals surface area (Å²) in [5.41, 5.74) is 2.22. The Kier molecular flexibility index (Phi) is 4.57. The lowest BCUT2D eigenvalue weighted by atomic mass is 10.1. The molecule has 0 amide bonds. The Hall–Kier alpha value is -1.66. The molecule has 106 valence electrons. The van der Waals surface area contributed by atoms with Gasteiger partial charge in [0.1, 0.15) is 5.69 Å². The van der Waals surface area contributed by atoms with Gasteiger partial charge in [-0.2, -0.15) is 0 Å². The largest absolute Gasteiger partial charge is 0.463 e. The van der Waals surface area contributed by atoms with Crippen LogP contribution in [0.4, 0.5) is 0 Å². The number of benzene rings is 1. The van der Waals surface area contributed by atoms with Crippen LogP contribution in [-0.2, 0) is 16.1 Å². The fourth-order valence-corrected chi connectivity index (χ4v) is 2.16. The molecule has 0 spiro atoms. The Morgan fingerprint density at radius 2 is 2.15 bits per heavy atom. The molecule has 0 unspecified atom stereocenters. The molecule has 20 heavy (non-hydrogen) atoms. The molecule has 1 heterocycles. The summed E-state index contributed by atoms with van der Waals surface area (Å²) in [5, 5.41) is 0. The van der Waals surface area contributed by atoms with Gasteiger partial charge in [-0.05, 0) is 24.6 Å². The molecule has 0 atom stereocenters. The van der Waals surface area contributed by atoms with Gasteiger partial charge >= 0.3 is 5.97 Å². The molecule has 0 bridgehead atoms. The summed E-state index contributed by atoms with van der Waals surface area (Å²) < 4.78 is 16.2. The molecule has 2 aromatic rings. The molecule has 0 aliphatic heterocycles. The number of nitrogens with zero attached hydrogens (tertiary/aromatic N) is 1. The van der Waals surface area contributed by atoms with Crippen LogP contribution in [0.5, 0.6) is 0 Å². The average Bonchev–Trinajstić information content (AvgIpc) is 2.85. The number of hydrogen-bond donors (Lipinski definition) is 0. The van der Waals surface area contributed by atoms with E-state index in [0.29, 0.717) is 11.6 Å². The normalized spacial score (nSPS) is 10.6. The summed E-state index contributed by atoms with van der Waals surface area (Å²) in [7, 11) is 2.82. The number of ether oxygens (including phenoxy) is 2. The van der Waals surface area contributed by atoms with Crippen molar-refractivity contribution in [2.24, 2.45) is 0 Å². The van der Waals surface area contributed by atoms with Gasteiger partial charge in [-0.1, -0.05) is 22.0 Å². The van der Waals surface area contributed by atoms with Gasteiger partial charge in [-0.15, -0.1) is 0 Å². The van der Waals surface area contributed by atoms with Gasteiger partial charge in [0.25, 0.3) is 0 Å². The Morgan fingerprint density at radius 3 is 2.80 bits per heavy atom. The number of methoxy groups -OCH3 is 2. The number of rotatable bonds is 4. The minimum Gasteiger partial charge on any atom is -0.463 e. The first kappa shape index (κ1) is 14.7. The van der Waals surface area contributed by atoms with Gasteiger partial charge in [0.15, 0.2) is 0 Å². The quantitative estimate of drug-likeness (QED) is 0.799. The van der Waals surface area contributed by atoms with E-state index in [4.69, 9.17) is 9.15 Å². The lowest BCUT2D eigenvalue weighted by molar-refractivity contribution is 0.0559. The maximum absolute atomic E-state index is 11.7. The second kappa shape index (κ2) is 6.19. The van der Waals surface area contributed by atoms with Crippen LogP contribution in [0.1, 0.15) is 21.8 Å². The van der Waals surface area contributed by atoms with Crippen LogP contribution < -0.4 is 0 Å². The Bertz CT molecular complexity index is 636. The monoisotopic (exact) mass is 339 g/mol. The van der Waals surface area contributed by atoms with Crippen LogP contribution in [-0.4, -0.2) is 25.2 Å². The van der Waals surface area contributed by atoms with E-state index in [1.54, 1.807) is 0 Å². The van der Waals surface area contributed by atoms with E-state index in [1.807, 2.05) is 25.1 Å². The maximum Gasteiger partial charge on any atom is 0.376 e. The average molecular weight is 340 g/mol. The summed E-state index contributed by atoms with van der Waals surface area (Å²) in [4.78, 5) is 16.0. The van der Waals surface area contributed by atoms with Crippen molar-refractivity contribution in [3.8, 4) is 11.5 Å². The predicted molar refractivity (Wildman–Crippen MR) is 76.4 cm³/mol. The van der Waals surface area contributed by atoms with Crippen LogP contribution >= 0.6 is 15.9 Å². The molecule has 0 N–H and O–H groups in total. The van der Waals surface area contributed by atoms with Crippen molar-refractivity contribution < 1.29 is 18.7 Å². The topological polar surface area (TPSA) is 61.6 Å². The van der Waals surface area contributed by atoms with Gasteiger partial charge in [0.05, 0.1) is 13.7 Å². The van der Waals surface area contributed by atoms with Crippen molar-refractivity contribution in [3.05, 3.63) is 39.7 Å². The molecular formula is C14H14BrNO4.